The molecule has 3 aromatic rings. The zero-order valence-electron chi connectivity index (χ0n) is 12.0. The summed E-state index contributed by atoms with van der Waals surface area (Å²) in [4.78, 5) is 12.1. The second kappa shape index (κ2) is 5.36. The third-order valence-corrected chi connectivity index (χ3v) is 3.30. The first-order valence-corrected chi connectivity index (χ1v) is 6.78. The fourth-order valence-corrected chi connectivity index (χ4v) is 2.34. The summed E-state index contributed by atoms with van der Waals surface area (Å²) in [7, 11) is 0. The molecule has 0 atom stereocenters. The van der Waals surface area contributed by atoms with Crippen LogP contribution < -0.4 is 5.56 Å². The molecule has 0 amide bonds. The zero-order valence-corrected chi connectivity index (χ0v) is 12.0. The summed E-state index contributed by atoms with van der Waals surface area (Å²) in [6.45, 7) is 4.23. The van der Waals surface area contributed by atoms with Gasteiger partial charge in [0.15, 0.2) is 0 Å². The molecule has 2 aromatic heterocycles. The molecule has 0 spiro atoms. The van der Waals surface area contributed by atoms with Crippen molar-refractivity contribution in [2.45, 2.75) is 20.4 Å². The van der Waals surface area contributed by atoms with Gasteiger partial charge < -0.3 is 4.57 Å². The molecule has 5 heteroatoms. The van der Waals surface area contributed by atoms with Crippen molar-refractivity contribution >= 4 is 0 Å². The van der Waals surface area contributed by atoms with E-state index >= 15 is 0 Å². The van der Waals surface area contributed by atoms with Gasteiger partial charge in [-0.25, -0.2) is 4.68 Å². The second-order valence-electron chi connectivity index (χ2n) is 5.12. The molecule has 106 valence electrons. The Labute approximate surface area is 122 Å². The van der Waals surface area contributed by atoms with Crippen molar-refractivity contribution in [3.05, 3.63) is 76.0 Å². The van der Waals surface area contributed by atoms with Crippen LogP contribution in [0.5, 0.6) is 0 Å². The highest BCUT2D eigenvalue weighted by Crippen LogP contribution is 2.07. The van der Waals surface area contributed by atoms with E-state index < -0.39 is 0 Å². The van der Waals surface area contributed by atoms with Crippen LogP contribution in [0, 0.1) is 13.8 Å². The third kappa shape index (κ3) is 2.76. The molecule has 0 radical (unpaired) electrons. The molecule has 0 fully saturated rings. The molecule has 0 N–H and O–H groups in total. The second-order valence-corrected chi connectivity index (χ2v) is 5.12. The molecule has 1 aromatic carbocycles. The molecule has 21 heavy (non-hydrogen) atoms. The van der Waals surface area contributed by atoms with E-state index in [4.69, 9.17) is 0 Å². The normalized spacial score (nSPS) is 10.8. The summed E-state index contributed by atoms with van der Waals surface area (Å²) in [6.07, 6.45) is 3.69. The van der Waals surface area contributed by atoms with Crippen LogP contribution in [0.3, 0.4) is 0 Å². The largest absolute Gasteiger partial charge is 0.309 e. The molecular formula is C16H16N4O. The number of hydrogen-bond donors (Lipinski definition) is 0. The van der Waals surface area contributed by atoms with Gasteiger partial charge in [-0.15, -0.1) is 5.10 Å². The average Bonchev–Trinajstić information content (AvgIpc) is 2.94. The Bertz CT molecular complexity index is 818. The van der Waals surface area contributed by atoms with E-state index in [9.17, 15) is 4.79 Å². The van der Waals surface area contributed by atoms with Gasteiger partial charge in [0.05, 0.1) is 18.4 Å². The van der Waals surface area contributed by atoms with E-state index in [1.807, 2.05) is 62.6 Å². The lowest BCUT2D eigenvalue weighted by Crippen LogP contribution is -2.22. The van der Waals surface area contributed by atoms with Crippen molar-refractivity contribution in [3.8, 4) is 5.69 Å². The summed E-state index contributed by atoms with van der Waals surface area (Å²) >= 11 is 0. The maximum Gasteiger partial charge on any atom is 0.253 e. The van der Waals surface area contributed by atoms with Gasteiger partial charge in [-0.05, 0) is 37.6 Å². The summed E-state index contributed by atoms with van der Waals surface area (Å²) in [5.74, 6) is 0. The van der Waals surface area contributed by atoms with Gasteiger partial charge in [-0.1, -0.05) is 23.4 Å². The van der Waals surface area contributed by atoms with Crippen LogP contribution in [0.4, 0.5) is 0 Å². The predicted molar refractivity (Wildman–Crippen MR) is 80.6 cm³/mol. The minimum atomic E-state index is 0.00913. The number of pyridine rings is 1. The van der Waals surface area contributed by atoms with Gasteiger partial charge in [0.2, 0.25) is 0 Å². The molecule has 0 aliphatic heterocycles. The molecule has 2 heterocycles. The summed E-state index contributed by atoms with van der Waals surface area (Å²) in [5.41, 5.74) is 3.51. The predicted octanol–water partition coefficient (Wildman–Crippen LogP) is 2.09. The van der Waals surface area contributed by atoms with Crippen molar-refractivity contribution in [2.75, 3.05) is 0 Å². The van der Waals surface area contributed by atoms with E-state index in [0.29, 0.717) is 6.54 Å². The van der Waals surface area contributed by atoms with Gasteiger partial charge in [-0.2, -0.15) is 0 Å². The zero-order chi connectivity index (χ0) is 14.8. The van der Waals surface area contributed by atoms with Gasteiger partial charge >= 0.3 is 0 Å². The molecule has 0 saturated heterocycles. The summed E-state index contributed by atoms with van der Waals surface area (Å²) < 4.78 is 3.38. The number of aryl methyl sites for hydroxylation is 2. The molecule has 0 aliphatic carbocycles. The standard InChI is InChI=1S/C16H16N4O/c1-12-8-13(2)16(21)19(9-12)10-14-11-20(18-17-14)15-6-4-3-5-7-15/h3-9,11H,10H2,1-2H3. The molecule has 3 rings (SSSR count). The van der Waals surface area contributed by atoms with Crippen LogP contribution in [-0.4, -0.2) is 19.6 Å². The molecular weight excluding hydrogens is 264 g/mol. The summed E-state index contributed by atoms with van der Waals surface area (Å²) in [6, 6.07) is 11.7. The Morgan fingerprint density at radius 2 is 1.86 bits per heavy atom. The molecule has 0 unspecified atom stereocenters. The highest BCUT2D eigenvalue weighted by molar-refractivity contribution is 5.30. The fourth-order valence-electron chi connectivity index (χ4n) is 2.34. The number of hydrogen-bond acceptors (Lipinski definition) is 3. The van der Waals surface area contributed by atoms with Crippen molar-refractivity contribution < 1.29 is 0 Å². The smallest absolute Gasteiger partial charge is 0.253 e. The van der Waals surface area contributed by atoms with Crippen LogP contribution in [0.15, 0.2) is 53.6 Å². The van der Waals surface area contributed by atoms with E-state index in [1.165, 1.54) is 0 Å². The highest BCUT2D eigenvalue weighted by atomic mass is 16.1. The maximum absolute atomic E-state index is 12.1. The first kappa shape index (κ1) is 13.3. The van der Waals surface area contributed by atoms with Gasteiger partial charge in [0, 0.05) is 11.8 Å². The van der Waals surface area contributed by atoms with Crippen molar-refractivity contribution in [1.29, 1.82) is 0 Å². The van der Waals surface area contributed by atoms with Crippen LogP contribution in [0.1, 0.15) is 16.8 Å². The topological polar surface area (TPSA) is 52.7 Å². The summed E-state index contributed by atoms with van der Waals surface area (Å²) in [5, 5.41) is 8.25. The van der Waals surface area contributed by atoms with E-state index in [0.717, 1.165) is 22.5 Å². The first-order chi connectivity index (χ1) is 10.1. The van der Waals surface area contributed by atoms with E-state index in [2.05, 4.69) is 10.3 Å². The SMILES string of the molecule is Cc1cc(C)c(=O)n(Cc2cn(-c3ccccc3)nn2)c1. The van der Waals surface area contributed by atoms with Crippen molar-refractivity contribution in [1.82, 2.24) is 19.6 Å². The average molecular weight is 280 g/mol. The van der Waals surface area contributed by atoms with Crippen LogP contribution in [0.2, 0.25) is 0 Å². The maximum atomic E-state index is 12.1. The van der Waals surface area contributed by atoms with Gasteiger partial charge in [0.1, 0.15) is 5.69 Å². The molecule has 0 saturated carbocycles. The monoisotopic (exact) mass is 280 g/mol. The lowest BCUT2D eigenvalue weighted by molar-refractivity contribution is 0.721. The molecule has 0 aliphatic rings. The van der Waals surface area contributed by atoms with Crippen LogP contribution in [0.25, 0.3) is 5.69 Å². The quantitative estimate of drug-likeness (QED) is 0.738. The Kier molecular flexibility index (Phi) is 3.39. The third-order valence-electron chi connectivity index (χ3n) is 3.30. The van der Waals surface area contributed by atoms with Gasteiger partial charge in [0.25, 0.3) is 5.56 Å². The Balaban J connectivity index is 1.90. The highest BCUT2D eigenvalue weighted by Gasteiger charge is 2.06. The molecule has 5 nitrogen and oxygen atoms in total. The Morgan fingerprint density at radius 1 is 1.10 bits per heavy atom. The number of nitrogens with zero attached hydrogens (tertiary/aromatic N) is 4. The minimum Gasteiger partial charge on any atom is -0.309 e. The van der Waals surface area contributed by atoms with Crippen LogP contribution in [-0.2, 0) is 6.54 Å². The number of rotatable bonds is 3. The minimum absolute atomic E-state index is 0.00913. The number of para-hydroxylation sites is 1. The fraction of sp³-hybridized carbons (Fsp3) is 0.188. The van der Waals surface area contributed by atoms with Crippen LogP contribution >= 0.6 is 0 Å². The lowest BCUT2D eigenvalue weighted by atomic mass is 10.2. The number of benzene rings is 1. The molecule has 0 bridgehead atoms. The Morgan fingerprint density at radius 3 is 2.62 bits per heavy atom. The van der Waals surface area contributed by atoms with E-state index in [-0.39, 0.29) is 5.56 Å². The Hall–Kier alpha value is -2.69. The van der Waals surface area contributed by atoms with Crippen molar-refractivity contribution in [2.24, 2.45) is 0 Å². The number of aromatic nitrogens is 4. The first-order valence-electron chi connectivity index (χ1n) is 6.78. The van der Waals surface area contributed by atoms with E-state index in [1.54, 1.807) is 9.25 Å². The lowest BCUT2D eigenvalue weighted by Gasteiger charge is -2.05. The van der Waals surface area contributed by atoms with Crippen molar-refractivity contribution in [3.63, 3.8) is 0 Å². The van der Waals surface area contributed by atoms with Gasteiger partial charge in [-0.3, -0.25) is 4.79 Å².